The number of methoxy groups -OCH3 is 1. The molecule has 0 spiro atoms. The van der Waals surface area contributed by atoms with Gasteiger partial charge in [-0.05, 0) is 48.7 Å². The molecule has 1 aliphatic rings. The van der Waals surface area contributed by atoms with Gasteiger partial charge in [0, 0.05) is 0 Å². The lowest BCUT2D eigenvalue weighted by Gasteiger charge is -2.32. The van der Waals surface area contributed by atoms with Crippen LogP contribution in [0.25, 0.3) is 0 Å². The smallest absolute Gasteiger partial charge is 0.222 e. The molecule has 4 rings (SSSR count). The monoisotopic (exact) mass is 350 g/mol. The molecule has 1 N–H and O–H groups in total. The van der Waals surface area contributed by atoms with Crippen LogP contribution in [0.2, 0.25) is 0 Å². The number of rotatable bonds is 5. The number of nitrogens with zero attached hydrogens (tertiary/aromatic N) is 3. The molecule has 2 aromatic carbocycles. The fourth-order valence-corrected chi connectivity index (χ4v) is 3.41. The molecule has 3 aromatic rings. The first kappa shape index (κ1) is 16.4. The molecular weight excluding hydrogens is 328 g/mol. The predicted octanol–water partition coefficient (Wildman–Crippen LogP) is 3.83. The van der Waals surface area contributed by atoms with Crippen LogP contribution in [-0.2, 0) is 0 Å². The van der Waals surface area contributed by atoms with E-state index in [4.69, 9.17) is 9.47 Å². The number of hydrogen-bond donors (Lipinski definition) is 1. The Kier molecular flexibility index (Phi) is 4.48. The van der Waals surface area contributed by atoms with Crippen molar-refractivity contribution in [1.29, 1.82) is 0 Å². The minimum absolute atomic E-state index is 0.122. The average Bonchev–Trinajstić information content (AvgIpc) is 3.17. The minimum atomic E-state index is 0.122. The van der Waals surface area contributed by atoms with E-state index in [0.29, 0.717) is 6.61 Å². The predicted molar refractivity (Wildman–Crippen MR) is 99.7 cm³/mol. The molecule has 0 radical (unpaired) electrons. The van der Waals surface area contributed by atoms with Gasteiger partial charge in [-0.3, -0.25) is 0 Å². The van der Waals surface area contributed by atoms with E-state index in [-0.39, 0.29) is 12.1 Å². The zero-order valence-electron chi connectivity index (χ0n) is 14.9. The van der Waals surface area contributed by atoms with E-state index in [0.717, 1.165) is 23.9 Å². The maximum Gasteiger partial charge on any atom is 0.222 e. The van der Waals surface area contributed by atoms with Crippen molar-refractivity contribution < 1.29 is 9.47 Å². The zero-order chi connectivity index (χ0) is 17.9. The van der Waals surface area contributed by atoms with Crippen molar-refractivity contribution in [2.75, 3.05) is 19.0 Å². The van der Waals surface area contributed by atoms with Crippen LogP contribution in [0.1, 0.15) is 36.6 Å². The van der Waals surface area contributed by atoms with Crippen molar-refractivity contribution >= 4 is 5.95 Å². The summed E-state index contributed by atoms with van der Waals surface area (Å²) in [4.78, 5) is 4.38. The largest absolute Gasteiger partial charge is 0.497 e. The number of ether oxygens (including phenoxy) is 2. The first-order valence-electron chi connectivity index (χ1n) is 8.81. The Morgan fingerprint density at radius 3 is 2.42 bits per heavy atom. The van der Waals surface area contributed by atoms with Crippen molar-refractivity contribution in [2.24, 2.45) is 0 Å². The Hall–Kier alpha value is -3.02. The first-order chi connectivity index (χ1) is 12.8. The van der Waals surface area contributed by atoms with Crippen molar-refractivity contribution in [2.45, 2.75) is 25.4 Å². The molecule has 6 nitrogen and oxygen atoms in total. The summed E-state index contributed by atoms with van der Waals surface area (Å²) in [5, 5.41) is 7.91. The van der Waals surface area contributed by atoms with Crippen molar-refractivity contribution in [3.63, 3.8) is 0 Å². The highest BCUT2D eigenvalue weighted by molar-refractivity contribution is 5.40. The van der Waals surface area contributed by atoms with Gasteiger partial charge in [0.15, 0.2) is 0 Å². The number of fused-ring (bicyclic) bond motifs is 1. The van der Waals surface area contributed by atoms with Gasteiger partial charge < -0.3 is 14.8 Å². The Bertz CT molecular complexity index is 858. The molecule has 0 amide bonds. The van der Waals surface area contributed by atoms with E-state index in [1.807, 2.05) is 35.9 Å². The van der Waals surface area contributed by atoms with Gasteiger partial charge in [0.05, 0.1) is 25.8 Å². The van der Waals surface area contributed by atoms with Gasteiger partial charge in [-0.25, -0.2) is 4.68 Å². The van der Waals surface area contributed by atoms with Gasteiger partial charge in [-0.15, -0.1) is 0 Å². The molecule has 0 bridgehead atoms. The number of anilines is 1. The molecular formula is C20H22N4O2. The topological polar surface area (TPSA) is 61.2 Å². The number of aromatic nitrogens is 3. The third-order valence-electron chi connectivity index (χ3n) is 4.72. The van der Waals surface area contributed by atoms with E-state index in [1.54, 1.807) is 13.4 Å². The van der Waals surface area contributed by atoms with Crippen molar-refractivity contribution in [3.8, 4) is 11.5 Å². The summed E-state index contributed by atoms with van der Waals surface area (Å²) < 4.78 is 12.8. The van der Waals surface area contributed by atoms with Crippen LogP contribution in [0.3, 0.4) is 0 Å². The minimum Gasteiger partial charge on any atom is -0.497 e. The van der Waals surface area contributed by atoms with E-state index in [9.17, 15) is 0 Å². The van der Waals surface area contributed by atoms with Gasteiger partial charge in [-0.2, -0.15) is 10.1 Å². The lowest BCUT2D eigenvalue weighted by molar-refractivity contribution is 0.340. The Balaban J connectivity index is 1.63. The van der Waals surface area contributed by atoms with Crippen LogP contribution < -0.4 is 14.8 Å². The summed E-state index contributed by atoms with van der Waals surface area (Å²) in [5.74, 6) is 2.53. The maximum atomic E-state index is 5.55. The number of benzene rings is 2. The van der Waals surface area contributed by atoms with Gasteiger partial charge >= 0.3 is 0 Å². The first-order valence-corrected chi connectivity index (χ1v) is 8.81. The van der Waals surface area contributed by atoms with Crippen molar-refractivity contribution in [1.82, 2.24) is 14.8 Å². The molecule has 26 heavy (non-hydrogen) atoms. The third-order valence-corrected chi connectivity index (χ3v) is 4.72. The van der Waals surface area contributed by atoms with Gasteiger partial charge in [0.2, 0.25) is 5.95 Å². The summed E-state index contributed by atoms with van der Waals surface area (Å²) in [7, 11) is 1.68. The highest BCUT2D eigenvalue weighted by atomic mass is 16.5. The molecule has 2 heterocycles. The molecule has 1 aliphatic heterocycles. The SMILES string of the molecule is CCOc1ccc([C@@H]2C[C@H](c3ccc(OC)cc3)n3ncnc3N2)cc1. The number of hydrogen-bond acceptors (Lipinski definition) is 5. The van der Waals surface area contributed by atoms with E-state index in [1.165, 1.54) is 11.1 Å². The molecule has 1 aromatic heterocycles. The van der Waals surface area contributed by atoms with Crippen LogP contribution >= 0.6 is 0 Å². The van der Waals surface area contributed by atoms with Crippen LogP contribution in [0.5, 0.6) is 11.5 Å². The fourth-order valence-electron chi connectivity index (χ4n) is 3.41. The molecule has 0 saturated carbocycles. The maximum absolute atomic E-state index is 5.55. The molecule has 0 aliphatic carbocycles. The van der Waals surface area contributed by atoms with Crippen LogP contribution in [0.4, 0.5) is 5.95 Å². The summed E-state index contributed by atoms with van der Waals surface area (Å²) >= 11 is 0. The Morgan fingerprint density at radius 1 is 1.04 bits per heavy atom. The van der Waals surface area contributed by atoms with Gasteiger partial charge in [0.1, 0.15) is 17.8 Å². The van der Waals surface area contributed by atoms with Crippen LogP contribution in [0.15, 0.2) is 54.9 Å². The van der Waals surface area contributed by atoms with Gasteiger partial charge in [-0.1, -0.05) is 24.3 Å². The summed E-state index contributed by atoms with van der Waals surface area (Å²) in [6.07, 6.45) is 2.48. The van der Waals surface area contributed by atoms with Crippen molar-refractivity contribution in [3.05, 3.63) is 66.0 Å². The molecule has 0 fully saturated rings. The molecule has 6 heteroatoms. The fraction of sp³-hybridized carbons (Fsp3) is 0.300. The Morgan fingerprint density at radius 2 is 1.73 bits per heavy atom. The lowest BCUT2D eigenvalue weighted by Crippen LogP contribution is -2.28. The zero-order valence-corrected chi connectivity index (χ0v) is 14.9. The normalized spacial score (nSPS) is 18.7. The van der Waals surface area contributed by atoms with E-state index >= 15 is 0 Å². The van der Waals surface area contributed by atoms with Crippen LogP contribution in [-0.4, -0.2) is 28.5 Å². The summed E-state index contributed by atoms with van der Waals surface area (Å²) in [6.45, 7) is 2.66. The van der Waals surface area contributed by atoms with Gasteiger partial charge in [0.25, 0.3) is 0 Å². The van der Waals surface area contributed by atoms with E-state index in [2.05, 4.69) is 39.7 Å². The second kappa shape index (κ2) is 7.07. The molecule has 0 saturated heterocycles. The highest BCUT2D eigenvalue weighted by Crippen LogP contribution is 2.38. The quantitative estimate of drug-likeness (QED) is 0.758. The summed E-state index contributed by atoms with van der Waals surface area (Å²) in [5.41, 5.74) is 2.40. The molecule has 2 atom stereocenters. The van der Waals surface area contributed by atoms with E-state index < -0.39 is 0 Å². The third kappa shape index (κ3) is 3.10. The standard InChI is InChI=1S/C20H22N4O2/c1-3-26-17-10-4-14(5-11-17)18-12-19(24-20(23-18)21-13-22-24)15-6-8-16(25-2)9-7-15/h4-11,13,18-19H,3,12H2,1-2H3,(H,21,22,23)/t18-,19+/m0/s1. The Labute approximate surface area is 152 Å². The second-order valence-electron chi connectivity index (χ2n) is 6.25. The number of nitrogens with one attached hydrogen (secondary N) is 1. The lowest BCUT2D eigenvalue weighted by atomic mass is 9.93. The van der Waals surface area contributed by atoms with Crippen LogP contribution in [0, 0.1) is 0 Å². The second-order valence-corrected chi connectivity index (χ2v) is 6.25. The summed E-state index contributed by atoms with van der Waals surface area (Å²) in [6, 6.07) is 16.7. The average molecular weight is 350 g/mol. The highest BCUT2D eigenvalue weighted by Gasteiger charge is 2.29. The molecule has 134 valence electrons. The molecule has 0 unspecified atom stereocenters.